The third-order valence-corrected chi connectivity index (χ3v) is 8.06. The van der Waals surface area contributed by atoms with Gasteiger partial charge in [-0.25, -0.2) is 8.42 Å². The van der Waals surface area contributed by atoms with Crippen molar-refractivity contribution in [2.75, 3.05) is 17.3 Å². The number of carbonyl (C=O) groups excluding carboxylic acids is 1. The minimum Gasteiger partial charge on any atom is -0.334 e. The predicted octanol–water partition coefficient (Wildman–Crippen LogP) is 2.88. The van der Waals surface area contributed by atoms with Gasteiger partial charge in [0.05, 0.1) is 22.9 Å². The second kappa shape index (κ2) is 9.23. The molecule has 3 aromatic rings. The molecule has 9 heteroatoms. The molecule has 1 saturated heterocycles. The number of aromatic nitrogens is 3. The van der Waals surface area contributed by atoms with Gasteiger partial charge in [-0.3, -0.25) is 9.36 Å². The fourth-order valence-electron chi connectivity index (χ4n) is 3.75. The van der Waals surface area contributed by atoms with Crippen molar-refractivity contribution in [3.63, 3.8) is 0 Å². The first kappa shape index (κ1) is 21.6. The molecule has 0 saturated carbocycles. The van der Waals surface area contributed by atoms with Gasteiger partial charge < -0.3 is 4.90 Å². The van der Waals surface area contributed by atoms with Crippen LogP contribution >= 0.6 is 11.8 Å². The summed E-state index contributed by atoms with van der Waals surface area (Å²) in [5.74, 6) is 0.212. The second-order valence-electron chi connectivity index (χ2n) is 7.62. The van der Waals surface area contributed by atoms with E-state index in [0.29, 0.717) is 18.1 Å². The normalized spacial score (nSPS) is 17.5. The molecule has 1 fully saturated rings. The molecule has 0 N–H and O–H groups in total. The van der Waals surface area contributed by atoms with E-state index in [1.807, 2.05) is 66.1 Å². The summed E-state index contributed by atoms with van der Waals surface area (Å²) in [7, 11) is -3.10. The highest BCUT2D eigenvalue weighted by molar-refractivity contribution is 7.99. The minimum atomic E-state index is -3.10. The Labute approximate surface area is 186 Å². The molecule has 0 unspecified atom stereocenters. The Hall–Kier alpha value is -2.65. The van der Waals surface area contributed by atoms with Gasteiger partial charge in [-0.2, -0.15) is 0 Å². The quantitative estimate of drug-likeness (QED) is 0.508. The maximum atomic E-state index is 13.2. The molecule has 4 rings (SSSR count). The summed E-state index contributed by atoms with van der Waals surface area (Å²) in [6, 6.07) is 17.3. The van der Waals surface area contributed by atoms with E-state index in [2.05, 4.69) is 10.2 Å². The Bertz CT molecular complexity index is 1160. The average molecular weight is 457 g/mol. The van der Waals surface area contributed by atoms with Gasteiger partial charge in [0.1, 0.15) is 6.33 Å². The van der Waals surface area contributed by atoms with Gasteiger partial charge in [0.15, 0.2) is 15.0 Å². The Kier molecular flexibility index (Phi) is 6.43. The topological polar surface area (TPSA) is 85.2 Å². The van der Waals surface area contributed by atoms with E-state index in [1.165, 1.54) is 11.8 Å². The average Bonchev–Trinajstić information content (AvgIpc) is 3.37. The standard InChI is InChI=1S/C22H24N4O3S2/c1-17-7-5-6-10-20(17)26-16-23-24-22(26)30-14-21(27)25(13-18-8-3-2-4-9-18)19-11-12-31(28,29)15-19/h2-10,16,19H,11-15H2,1H3/t19-/m1/s1. The summed E-state index contributed by atoms with van der Waals surface area (Å²) in [6.45, 7) is 2.40. The van der Waals surface area contributed by atoms with Crippen molar-refractivity contribution in [2.24, 2.45) is 0 Å². The Balaban J connectivity index is 1.51. The number of benzene rings is 2. The molecule has 2 heterocycles. The third kappa shape index (κ3) is 5.16. The largest absolute Gasteiger partial charge is 0.334 e. The van der Waals surface area contributed by atoms with Crippen LogP contribution in [0.15, 0.2) is 66.1 Å². The van der Waals surface area contributed by atoms with E-state index in [9.17, 15) is 13.2 Å². The summed E-state index contributed by atoms with van der Waals surface area (Å²) < 4.78 is 25.9. The monoisotopic (exact) mass is 456 g/mol. The van der Waals surface area contributed by atoms with E-state index >= 15 is 0 Å². The van der Waals surface area contributed by atoms with Crippen LogP contribution in [0.3, 0.4) is 0 Å². The van der Waals surface area contributed by atoms with Crippen molar-refractivity contribution in [3.05, 3.63) is 72.1 Å². The van der Waals surface area contributed by atoms with Gasteiger partial charge >= 0.3 is 0 Å². The maximum Gasteiger partial charge on any atom is 0.233 e. The summed E-state index contributed by atoms with van der Waals surface area (Å²) in [5, 5.41) is 8.82. The molecule has 0 bridgehead atoms. The molecule has 2 aromatic carbocycles. The first-order chi connectivity index (χ1) is 14.9. The van der Waals surface area contributed by atoms with Gasteiger partial charge in [0.2, 0.25) is 5.91 Å². The number of nitrogens with zero attached hydrogens (tertiary/aromatic N) is 4. The molecule has 7 nitrogen and oxygen atoms in total. The van der Waals surface area contributed by atoms with E-state index in [1.54, 1.807) is 11.2 Å². The van der Waals surface area contributed by atoms with Crippen molar-refractivity contribution in [3.8, 4) is 5.69 Å². The van der Waals surface area contributed by atoms with E-state index < -0.39 is 9.84 Å². The lowest BCUT2D eigenvalue weighted by Crippen LogP contribution is -2.41. The van der Waals surface area contributed by atoms with Crippen LogP contribution in [0.4, 0.5) is 0 Å². The van der Waals surface area contributed by atoms with Crippen LogP contribution in [0.1, 0.15) is 17.5 Å². The summed E-state index contributed by atoms with van der Waals surface area (Å²) in [6.07, 6.45) is 2.12. The van der Waals surface area contributed by atoms with Crippen molar-refractivity contribution in [2.45, 2.75) is 31.1 Å². The number of rotatable bonds is 7. The lowest BCUT2D eigenvalue weighted by Gasteiger charge is -2.28. The van der Waals surface area contributed by atoms with Gasteiger partial charge in [-0.1, -0.05) is 60.3 Å². The number of aryl methyl sites for hydroxylation is 1. The smallest absolute Gasteiger partial charge is 0.233 e. The Morgan fingerprint density at radius 2 is 1.90 bits per heavy atom. The zero-order chi connectivity index (χ0) is 21.8. The van der Waals surface area contributed by atoms with Crippen LogP contribution in [0.2, 0.25) is 0 Å². The van der Waals surface area contributed by atoms with Crippen LogP contribution in [0.5, 0.6) is 0 Å². The van der Waals surface area contributed by atoms with Crippen LogP contribution in [-0.4, -0.2) is 57.3 Å². The fourth-order valence-corrected chi connectivity index (χ4v) is 6.29. The van der Waals surface area contributed by atoms with Crippen LogP contribution in [0, 0.1) is 6.92 Å². The Morgan fingerprint density at radius 1 is 1.16 bits per heavy atom. The van der Waals surface area contributed by atoms with Crippen LogP contribution in [-0.2, 0) is 21.2 Å². The first-order valence-corrected chi connectivity index (χ1v) is 12.9. The fraction of sp³-hybridized carbons (Fsp3) is 0.318. The second-order valence-corrected chi connectivity index (χ2v) is 10.8. The lowest BCUT2D eigenvalue weighted by molar-refractivity contribution is -0.130. The predicted molar refractivity (Wildman–Crippen MR) is 121 cm³/mol. The van der Waals surface area contributed by atoms with Crippen molar-refractivity contribution in [1.82, 2.24) is 19.7 Å². The number of thioether (sulfide) groups is 1. The van der Waals surface area contributed by atoms with Crippen LogP contribution < -0.4 is 0 Å². The first-order valence-electron chi connectivity index (χ1n) is 10.1. The minimum absolute atomic E-state index is 0.0234. The van der Waals surface area contributed by atoms with Gasteiger partial charge in [-0.05, 0) is 30.5 Å². The zero-order valence-corrected chi connectivity index (χ0v) is 18.8. The molecule has 1 aliphatic heterocycles. The molecule has 0 radical (unpaired) electrons. The molecule has 0 aliphatic carbocycles. The summed E-state index contributed by atoms with van der Waals surface area (Å²) >= 11 is 1.31. The highest BCUT2D eigenvalue weighted by Crippen LogP contribution is 2.25. The number of sulfone groups is 1. The Morgan fingerprint density at radius 3 is 2.61 bits per heavy atom. The third-order valence-electron chi connectivity index (χ3n) is 5.38. The number of para-hydroxylation sites is 1. The van der Waals surface area contributed by atoms with Gasteiger partial charge in [-0.15, -0.1) is 10.2 Å². The van der Waals surface area contributed by atoms with Gasteiger partial charge in [0.25, 0.3) is 0 Å². The number of hydrogen-bond acceptors (Lipinski definition) is 6. The van der Waals surface area contributed by atoms with Crippen molar-refractivity contribution >= 4 is 27.5 Å². The molecule has 162 valence electrons. The molecule has 1 atom stereocenters. The molecular weight excluding hydrogens is 432 g/mol. The van der Waals surface area contributed by atoms with Crippen molar-refractivity contribution in [1.29, 1.82) is 0 Å². The molecule has 1 aromatic heterocycles. The molecule has 1 amide bonds. The maximum absolute atomic E-state index is 13.2. The van der Waals surface area contributed by atoms with E-state index in [0.717, 1.165) is 16.8 Å². The van der Waals surface area contributed by atoms with Crippen LogP contribution in [0.25, 0.3) is 5.69 Å². The molecule has 0 spiro atoms. The number of carbonyl (C=O) groups is 1. The van der Waals surface area contributed by atoms with Crippen molar-refractivity contribution < 1.29 is 13.2 Å². The molecule has 31 heavy (non-hydrogen) atoms. The number of amides is 1. The molecule has 1 aliphatic rings. The summed E-state index contributed by atoms with van der Waals surface area (Å²) in [5.41, 5.74) is 3.02. The van der Waals surface area contributed by atoms with E-state index in [-0.39, 0.29) is 29.2 Å². The van der Waals surface area contributed by atoms with E-state index in [4.69, 9.17) is 0 Å². The lowest BCUT2D eigenvalue weighted by atomic mass is 10.1. The van der Waals surface area contributed by atoms with Gasteiger partial charge in [0, 0.05) is 12.6 Å². The highest BCUT2D eigenvalue weighted by atomic mass is 32.2. The molecular formula is C22H24N4O3S2. The summed E-state index contributed by atoms with van der Waals surface area (Å²) in [4.78, 5) is 14.9. The SMILES string of the molecule is Cc1ccccc1-n1cnnc1SCC(=O)N(Cc1ccccc1)[C@@H]1CCS(=O)(=O)C1. The number of hydrogen-bond donors (Lipinski definition) is 0. The highest BCUT2D eigenvalue weighted by Gasteiger charge is 2.34. The zero-order valence-electron chi connectivity index (χ0n) is 17.2.